The summed E-state index contributed by atoms with van der Waals surface area (Å²) in [5.74, 6) is 0. The average molecular weight is 442 g/mol. The number of hydrogen-bond acceptors (Lipinski definition) is 3. The number of halogens is 2. The quantitative estimate of drug-likeness (QED) is 0.368. The van der Waals surface area contributed by atoms with E-state index >= 15 is 0 Å². The molecule has 0 saturated heterocycles. The predicted molar refractivity (Wildman–Crippen MR) is 115 cm³/mol. The average Bonchev–Trinajstić information content (AvgIpc) is 3.09. The van der Waals surface area contributed by atoms with Crippen LogP contribution in [0.5, 0.6) is 0 Å². The van der Waals surface area contributed by atoms with Crippen molar-refractivity contribution >= 4 is 49.7 Å². The number of benzene rings is 2. The molecule has 2 aromatic rings. The van der Waals surface area contributed by atoms with E-state index in [0.717, 1.165) is 34.8 Å². The molecule has 0 atom stereocenters. The van der Waals surface area contributed by atoms with Crippen molar-refractivity contribution in [1.29, 1.82) is 0 Å². The summed E-state index contributed by atoms with van der Waals surface area (Å²) in [6.07, 6.45) is 6.56. The Hall–Kier alpha value is -1.71. The van der Waals surface area contributed by atoms with Crippen molar-refractivity contribution in [2.24, 2.45) is 15.0 Å². The van der Waals surface area contributed by atoms with Crippen LogP contribution >= 0.6 is 20.2 Å². The van der Waals surface area contributed by atoms with E-state index in [1.807, 2.05) is 30.6 Å². The zero-order chi connectivity index (χ0) is 19.6. The summed E-state index contributed by atoms with van der Waals surface area (Å²) < 4.78 is 0. The molecule has 0 aliphatic carbocycles. The van der Waals surface area contributed by atoms with Crippen LogP contribution in [0.1, 0.15) is 23.1 Å². The third-order valence-electron chi connectivity index (χ3n) is 4.03. The molecular formula is C21H21Cl2FeN3. The van der Waals surface area contributed by atoms with Crippen molar-refractivity contribution < 1.29 is 13.1 Å². The van der Waals surface area contributed by atoms with E-state index in [4.69, 9.17) is 20.2 Å². The van der Waals surface area contributed by atoms with E-state index in [9.17, 15) is 0 Å². The number of aliphatic imine (C=N–C) groups is 3. The molecule has 0 saturated carbocycles. The second kappa shape index (κ2) is 11.2. The summed E-state index contributed by atoms with van der Waals surface area (Å²) in [5, 5.41) is 0. The number of para-hydroxylation sites is 2. The summed E-state index contributed by atoms with van der Waals surface area (Å²) in [4.78, 5) is 13.7. The van der Waals surface area contributed by atoms with E-state index in [2.05, 4.69) is 66.1 Å². The van der Waals surface area contributed by atoms with Crippen LogP contribution in [0.3, 0.4) is 0 Å². The van der Waals surface area contributed by atoms with Gasteiger partial charge < -0.3 is 0 Å². The van der Waals surface area contributed by atoms with Crippen molar-refractivity contribution in [2.45, 2.75) is 27.2 Å². The molecule has 0 fully saturated rings. The molecule has 0 spiro atoms. The fraction of sp³-hybridized carbons (Fsp3) is 0.190. The van der Waals surface area contributed by atoms with Gasteiger partial charge in [0.2, 0.25) is 0 Å². The van der Waals surface area contributed by atoms with Crippen LogP contribution in [-0.2, 0) is 13.1 Å². The van der Waals surface area contributed by atoms with Gasteiger partial charge in [-0.1, -0.05) is 42.5 Å². The molecule has 142 valence electrons. The molecule has 3 rings (SSSR count). The Morgan fingerprint density at radius 1 is 0.889 bits per heavy atom. The first-order chi connectivity index (χ1) is 13.0. The molecule has 1 heterocycles. The Morgan fingerprint density at radius 2 is 1.52 bits per heavy atom. The molecule has 0 bridgehead atoms. The zero-order valence-corrected chi connectivity index (χ0v) is 18.0. The third-order valence-corrected chi connectivity index (χ3v) is 4.03. The second-order valence-corrected chi connectivity index (χ2v) is 7.85. The van der Waals surface area contributed by atoms with Gasteiger partial charge in [-0.3, -0.25) is 15.0 Å². The van der Waals surface area contributed by atoms with Gasteiger partial charge in [0.25, 0.3) is 0 Å². The molecule has 0 aromatic heterocycles. The Morgan fingerprint density at radius 3 is 2.19 bits per heavy atom. The zero-order valence-electron chi connectivity index (χ0n) is 15.4. The van der Waals surface area contributed by atoms with Crippen molar-refractivity contribution in [3.8, 4) is 0 Å². The molecule has 27 heavy (non-hydrogen) atoms. The van der Waals surface area contributed by atoms with E-state index in [1.165, 1.54) is 11.1 Å². The van der Waals surface area contributed by atoms with E-state index < -0.39 is 0 Å². The minimum atomic E-state index is 0.194. The third kappa shape index (κ3) is 6.75. The van der Waals surface area contributed by atoms with Gasteiger partial charge in [0.15, 0.2) is 0 Å². The van der Waals surface area contributed by atoms with E-state index in [0.29, 0.717) is 0 Å². The minimum absolute atomic E-state index is 0.194. The Labute approximate surface area is 175 Å². The van der Waals surface area contributed by atoms with Crippen LogP contribution < -0.4 is 0 Å². The molecule has 6 heteroatoms. The standard InChI is InChI=1S/C21H21N3.2ClH.Fe/c1-15-7-4-5-10-20(15)22-13-18-11-12-19(24-18)14-23-21-16(2)8-6-9-17(21)3;;;/h4-10,12-14H,11H2,1-3H3;2*1H;/q;;;+2/p-2. The van der Waals surface area contributed by atoms with Gasteiger partial charge in [-0.05, 0) is 43.5 Å². The predicted octanol–water partition coefficient (Wildman–Crippen LogP) is 6.82. The molecule has 0 radical (unpaired) electrons. The first-order valence-electron chi connectivity index (χ1n) is 8.38. The van der Waals surface area contributed by atoms with Crippen LogP contribution in [-0.4, -0.2) is 18.1 Å². The van der Waals surface area contributed by atoms with Crippen LogP contribution in [0.15, 0.2) is 69.2 Å². The van der Waals surface area contributed by atoms with E-state index in [1.54, 1.807) is 0 Å². The summed E-state index contributed by atoms with van der Waals surface area (Å²) in [7, 11) is 9.53. The summed E-state index contributed by atoms with van der Waals surface area (Å²) >= 11 is 0.194. The van der Waals surface area contributed by atoms with Gasteiger partial charge in [-0.2, -0.15) is 0 Å². The molecule has 2 aromatic carbocycles. The van der Waals surface area contributed by atoms with Gasteiger partial charge in [-0.15, -0.1) is 0 Å². The van der Waals surface area contributed by atoms with Crippen LogP contribution in [0.25, 0.3) is 0 Å². The monoisotopic (exact) mass is 441 g/mol. The normalized spacial score (nSPS) is 13.7. The number of aryl methyl sites for hydroxylation is 3. The fourth-order valence-corrected chi connectivity index (χ4v) is 2.62. The van der Waals surface area contributed by atoms with Crippen LogP contribution in [0.4, 0.5) is 11.4 Å². The molecule has 1 aliphatic heterocycles. The van der Waals surface area contributed by atoms with Crippen LogP contribution in [0.2, 0.25) is 0 Å². The van der Waals surface area contributed by atoms with Gasteiger partial charge in [0.05, 0.1) is 29.0 Å². The topological polar surface area (TPSA) is 37.1 Å². The van der Waals surface area contributed by atoms with Gasteiger partial charge in [0.1, 0.15) is 0 Å². The van der Waals surface area contributed by atoms with Crippen molar-refractivity contribution in [1.82, 2.24) is 0 Å². The maximum absolute atomic E-state index is 4.76. The number of rotatable bonds is 4. The van der Waals surface area contributed by atoms with Crippen molar-refractivity contribution in [3.63, 3.8) is 0 Å². The summed E-state index contributed by atoms with van der Waals surface area (Å²) in [6.45, 7) is 6.21. The molecule has 0 N–H and O–H groups in total. The Bertz CT molecular complexity index is 882. The number of hydrogen-bond donors (Lipinski definition) is 0. The summed E-state index contributed by atoms with van der Waals surface area (Å²) in [6, 6.07) is 14.3. The second-order valence-electron chi connectivity index (χ2n) is 6.03. The van der Waals surface area contributed by atoms with Gasteiger partial charge >= 0.3 is 33.3 Å². The molecule has 0 amide bonds. The maximum atomic E-state index is 4.76. The van der Waals surface area contributed by atoms with E-state index in [-0.39, 0.29) is 13.1 Å². The molecule has 0 unspecified atom stereocenters. The number of nitrogens with zero attached hydrogens (tertiary/aromatic N) is 3. The Balaban J connectivity index is 0.000000817. The molecular weight excluding hydrogens is 421 g/mol. The van der Waals surface area contributed by atoms with Gasteiger partial charge in [0, 0.05) is 12.6 Å². The first kappa shape index (κ1) is 21.6. The Kier molecular flexibility index (Phi) is 8.96. The van der Waals surface area contributed by atoms with Crippen molar-refractivity contribution in [2.75, 3.05) is 0 Å². The fourth-order valence-electron chi connectivity index (χ4n) is 2.62. The number of allylic oxidation sites excluding steroid dienone is 2. The molecule has 3 nitrogen and oxygen atoms in total. The van der Waals surface area contributed by atoms with Gasteiger partial charge in [-0.25, -0.2) is 0 Å². The van der Waals surface area contributed by atoms with Crippen LogP contribution in [0, 0.1) is 20.8 Å². The SMILES string of the molecule is Cc1ccccc1N=CC1=NC(C=Nc2c(C)cccc2C)=CC1.[Cl][Fe][Cl]. The first-order valence-corrected chi connectivity index (χ1v) is 11.4. The molecule has 1 aliphatic rings. The van der Waals surface area contributed by atoms with Crippen molar-refractivity contribution in [3.05, 3.63) is 70.9 Å². The summed E-state index contributed by atoms with van der Waals surface area (Å²) in [5.41, 5.74) is 7.38.